The molecule has 0 amide bonds. The first-order valence-electron chi connectivity index (χ1n) is 9.63. The molecular formula is C21H44. The fourth-order valence-electron chi connectivity index (χ4n) is 1.51. The van der Waals surface area contributed by atoms with Crippen molar-refractivity contribution in [2.24, 2.45) is 17.3 Å². The van der Waals surface area contributed by atoms with Crippen LogP contribution in [0.4, 0.5) is 0 Å². The normalized spacial score (nSPS) is 20.3. The van der Waals surface area contributed by atoms with Crippen molar-refractivity contribution in [2.75, 3.05) is 0 Å². The molecule has 0 aromatic carbocycles. The number of hydrogen-bond acceptors (Lipinski definition) is 0. The summed E-state index contributed by atoms with van der Waals surface area (Å²) in [5, 5.41) is 0. The molecule has 3 aliphatic carbocycles. The molecule has 0 atom stereocenters. The first-order valence-corrected chi connectivity index (χ1v) is 9.63. The third-order valence-electron chi connectivity index (χ3n) is 4.31. The van der Waals surface area contributed by atoms with Crippen LogP contribution in [0.5, 0.6) is 0 Å². The van der Waals surface area contributed by atoms with Crippen molar-refractivity contribution in [3.05, 3.63) is 12.7 Å². The van der Waals surface area contributed by atoms with E-state index in [-0.39, 0.29) is 0 Å². The van der Waals surface area contributed by atoms with Crippen LogP contribution in [-0.2, 0) is 0 Å². The van der Waals surface area contributed by atoms with E-state index in [2.05, 4.69) is 41.2 Å². The monoisotopic (exact) mass is 296 g/mol. The van der Waals surface area contributed by atoms with Crippen LogP contribution in [0.2, 0.25) is 0 Å². The highest BCUT2D eigenvalue weighted by atomic mass is 14.4. The van der Waals surface area contributed by atoms with Crippen LogP contribution < -0.4 is 0 Å². The van der Waals surface area contributed by atoms with Gasteiger partial charge in [0, 0.05) is 0 Å². The number of allylic oxidation sites excluding steroid dienone is 1. The zero-order valence-corrected chi connectivity index (χ0v) is 16.3. The standard InChI is InChI=1S/C6H12.C5H10.C5H8.C3H8.C2H6/c1-3-6(2)4-5-6;1-5-3-2-4-5;1-2-5-3-4-5;1-3-2;1-2/h3-5H2,1-2H3;5H,2-4H2,1H3;2,5H,1,3-4H2;3H2,1-2H3;1-2H3. The molecule has 0 N–H and O–H groups in total. The molecule has 128 valence electrons. The maximum Gasteiger partial charge on any atom is -0.0236 e. The van der Waals surface area contributed by atoms with E-state index >= 15 is 0 Å². The molecule has 3 rings (SSSR count). The van der Waals surface area contributed by atoms with Crippen LogP contribution in [0.25, 0.3) is 0 Å². The van der Waals surface area contributed by atoms with Gasteiger partial charge in [-0.3, -0.25) is 0 Å². The maximum absolute atomic E-state index is 3.62. The van der Waals surface area contributed by atoms with E-state index in [9.17, 15) is 0 Å². The Labute approximate surface area is 136 Å². The van der Waals surface area contributed by atoms with Gasteiger partial charge in [-0.15, -0.1) is 6.58 Å². The molecule has 0 heteroatoms. The van der Waals surface area contributed by atoms with Gasteiger partial charge in [-0.05, 0) is 42.9 Å². The maximum atomic E-state index is 3.62. The third-order valence-corrected chi connectivity index (χ3v) is 4.31. The van der Waals surface area contributed by atoms with Gasteiger partial charge in [0.2, 0.25) is 0 Å². The molecule has 0 heterocycles. The molecule has 0 bridgehead atoms. The summed E-state index contributed by atoms with van der Waals surface area (Å²) in [5.41, 5.74) is 0.792. The largest absolute Gasteiger partial charge is 0.103 e. The van der Waals surface area contributed by atoms with Gasteiger partial charge in [0.1, 0.15) is 0 Å². The Kier molecular flexibility index (Phi) is 16.1. The first-order chi connectivity index (χ1) is 10.0. The molecule has 0 nitrogen and oxygen atoms in total. The van der Waals surface area contributed by atoms with E-state index in [4.69, 9.17) is 0 Å². The fourth-order valence-corrected chi connectivity index (χ4v) is 1.51. The Morgan fingerprint density at radius 3 is 1.38 bits per heavy atom. The highest BCUT2D eigenvalue weighted by molar-refractivity contribution is 4.88. The fraction of sp³-hybridized carbons (Fsp3) is 0.905. The van der Waals surface area contributed by atoms with E-state index in [0.717, 1.165) is 17.3 Å². The number of hydrogen-bond donors (Lipinski definition) is 0. The average molecular weight is 297 g/mol. The van der Waals surface area contributed by atoms with Gasteiger partial charge >= 0.3 is 0 Å². The highest BCUT2D eigenvalue weighted by Gasteiger charge is 2.34. The van der Waals surface area contributed by atoms with Crippen molar-refractivity contribution in [1.29, 1.82) is 0 Å². The van der Waals surface area contributed by atoms with Crippen LogP contribution in [0.1, 0.15) is 106 Å². The van der Waals surface area contributed by atoms with Crippen LogP contribution in [0, 0.1) is 17.3 Å². The van der Waals surface area contributed by atoms with Crippen molar-refractivity contribution in [3.63, 3.8) is 0 Å². The molecule has 0 radical (unpaired) electrons. The van der Waals surface area contributed by atoms with E-state index in [1.165, 1.54) is 57.8 Å². The van der Waals surface area contributed by atoms with Gasteiger partial charge in [0.25, 0.3) is 0 Å². The molecule has 0 spiro atoms. The van der Waals surface area contributed by atoms with Crippen LogP contribution in [0.15, 0.2) is 12.7 Å². The topological polar surface area (TPSA) is 0 Å². The van der Waals surface area contributed by atoms with Crippen molar-refractivity contribution >= 4 is 0 Å². The van der Waals surface area contributed by atoms with Crippen molar-refractivity contribution in [1.82, 2.24) is 0 Å². The Hall–Kier alpha value is -0.260. The minimum absolute atomic E-state index is 0.792. The molecule has 0 aliphatic heterocycles. The summed E-state index contributed by atoms with van der Waals surface area (Å²) in [6, 6.07) is 0. The van der Waals surface area contributed by atoms with Crippen molar-refractivity contribution in [3.8, 4) is 0 Å². The summed E-state index contributed by atoms with van der Waals surface area (Å²) in [7, 11) is 0. The Morgan fingerprint density at radius 1 is 1.00 bits per heavy atom. The molecule has 21 heavy (non-hydrogen) atoms. The summed E-state index contributed by atoms with van der Waals surface area (Å²) in [6.07, 6.45) is 14.9. The average Bonchev–Trinajstić information content (AvgIpc) is 3.37. The Bertz CT molecular complexity index is 204. The lowest BCUT2D eigenvalue weighted by Crippen LogP contribution is -2.04. The van der Waals surface area contributed by atoms with E-state index in [0.29, 0.717) is 0 Å². The second-order valence-electron chi connectivity index (χ2n) is 6.98. The summed E-state index contributed by atoms with van der Waals surface area (Å²) in [6.45, 7) is 18.8. The molecule has 0 unspecified atom stereocenters. The third kappa shape index (κ3) is 17.7. The Balaban J connectivity index is 0. The smallest absolute Gasteiger partial charge is 0.0236 e. The Morgan fingerprint density at radius 2 is 1.38 bits per heavy atom. The number of rotatable bonds is 2. The van der Waals surface area contributed by atoms with Gasteiger partial charge < -0.3 is 0 Å². The van der Waals surface area contributed by atoms with E-state index < -0.39 is 0 Å². The van der Waals surface area contributed by atoms with Crippen LogP contribution in [0.3, 0.4) is 0 Å². The molecular weight excluding hydrogens is 252 g/mol. The summed E-state index contributed by atoms with van der Waals surface area (Å²) >= 11 is 0. The summed E-state index contributed by atoms with van der Waals surface area (Å²) in [5.74, 6) is 1.96. The SMILES string of the molecule is C=CC1CC1.CC.CC1CCC1.CCC.CCC1(C)CC1. The molecule has 3 saturated carbocycles. The lowest BCUT2D eigenvalue weighted by Gasteiger charge is -2.18. The van der Waals surface area contributed by atoms with Gasteiger partial charge in [-0.25, -0.2) is 0 Å². The van der Waals surface area contributed by atoms with Gasteiger partial charge in [0.05, 0.1) is 0 Å². The molecule has 3 fully saturated rings. The predicted octanol–water partition coefficient (Wildman–Crippen LogP) is 8.03. The second-order valence-corrected chi connectivity index (χ2v) is 6.98. The van der Waals surface area contributed by atoms with Crippen LogP contribution >= 0.6 is 0 Å². The van der Waals surface area contributed by atoms with Crippen molar-refractivity contribution < 1.29 is 0 Å². The molecule has 0 aromatic heterocycles. The molecule has 0 aromatic rings. The highest BCUT2D eigenvalue weighted by Crippen LogP contribution is 2.47. The predicted molar refractivity (Wildman–Crippen MR) is 101 cm³/mol. The second kappa shape index (κ2) is 14.7. The summed E-state index contributed by atoms with van der Waals surface area (Å²) < 4.78 is 0. The minimum Gasteiger partial charge on any atom is -0.103 e. The van der Waals surface area contributed by atoms with Gasteiger partial charge in [0.15, 0.2) is 0 Å². The van der Waals surface area contributed by atoms with E-state index in [1.54, 1.807) is 0 Å². The van der Waals surface area contributed by atoms with Crippen LogP contribution in [-0.4, -0.2) is 0 Å². The zero-order chi connectivity index (χ0) is 16.7. The summed E-state index contributed by atoms with van der Waals surface area (Å²) in [4.78, 5) is 0. The lowest BCUT2D eigenvalue weighted by molar-refractivity contribution is 0.346. The first kappa shape index (κ1) is 23.0. The quantitative estimate of drug-likeness (QED) is 0.452. The zero-order valence-electron chi connectivity index (χ0n) is 16.3. The minimum atomic E-state index is 0.792. The van der Waals surface area contributed by atoms with Gasteiger partial charge in [-0.2, -0.15) is 0 Å². The molecule has 3 aliphatic rings. The van der Waals surface area contributed by atoms with E-state index in [1.807, 2.05) is 19.9 Å². The lowest BCUT2D eigenvalue weighted by atomic mass is 9.88. The van der Waals surface area contributed by atoms with Gasteiger partial charge in [-0.1, -0.05) is 86.6 Å². The molecule has 0 saturated heterocycles. The van der Waals surface area contributed by atoms with Crippen molar-refractivity contribution in [2.45, 2.75) is 106 Å².